The smallest absolute Gasteiger partial charge is 0.310 e. The van der Waals surface area contributed by atoms with Crippen molar-refractivity contribution in [2.75, 3.05) is 0 Å². The van der Waals surface area contributed by atoms with Crippen LogP contribution < -0.4 is 0 Å². The Morgan fingerprint density at radius 2 is 2.14 bits per heavy atom. The minimum atomic E-state index is -1.11. The Balaban J connectivity index is 3.26. The van der Waals surface area contributed by atoms with Gasteiger partial charge in [0.15, 0.2) is 11.6 Å². The lowest BCUT2D eigenvalue weighted by molar-refractivity contribution is -0.138. The summed E-state index contributed by atoms with van der Waals surface area (Å²) >= 11 is 3.02. The van der Waals surface area contributed by atoms with Gasteiger partial charge in [0.2, 0.25) is 0 Å². The summed E-state index contributed by atoms with van der Waals surface area (Å²) < 4.78 is 13.4. The van der Waals surface area contributed by atoms with Crippen molar-refractivity contribution in [3.8, 4) is 5.75 Å². The summed E-state index contributed by atoms with van der Waals surface area (Å²) in [7, 11) is 0. The predicted molar refractivity (Wildman–Crippen MR) is 51.8 cm³/mol. The summed E-state index contributed by atoms with van der Waals surface area (Å²) in [6.45, 7) is 1.38. The molecule has 3 nitrogen and oxygen atoms in total. The van der Waals surface area contributed by atoms with Crippen LogP contribution >= 0.6 is 15.9 Å². The molecule has 1 atom stereocenters. The van der Waals surface area contributed by atoms with Crippen molar-refractivity contribution in [3.63, 3.8) is 0 Å². The minimum Gasteiger partial charge on any atom is -0.505 e. The molecule has 5 heteroatoms. The molecule has 0 bridgehead atoms. The Morgan fingerprint density at radius 3 is 2.64 bits per heavy atom. The fraction of sp³-hybridized carbons (Fsp3) is 0.222. The summed E-state index contributed by atoms with van der Waals surface area (Å²) in [5.74, 6) is -3.50. The monoisotopic (exact) mass is 262 g/mol. The van der Waals surface area contributed by atoms with E-state index < -0.39 is 23.5 Å². The van der Waals surface area contributed by atoms with E-state index in [-0.39, 0.29) is 5.56 Å². The highest BCUT2D eigenvalue weighted by Gasteiger charge is 2.20. The molecule has 1 aromatic carbocycles. The van der Waals surface area contributed by atoms with E-state index in [1.807, 2.05) is 0 Å². The van der Waals surface area contributed by atoms with E-state index in [4.69, 9.17) is 5.11 Å². The number of hydrogen-bond donors (Lipinski definition) is 2. The molecule has 2 N–H and O–H groups in total. The maximum Gasteiger partial charge on any atom is 0.310 e. The summed E-state index contributed by atoms with van der Waals surface area (Å²) in [6, 6.07) is 2.46. The molecule has 0 saturated carbocycles. The van der Waals surface area contributed by atoms with E-state index in [0.29, 0.717) is 4.47 Å². The Morgan fingerprint density at radius 1 is 1.57 bits per heavy atom. The molecule has 0 aliphatic heterocycles. The number of carboxylic acid groups (broad SMARTS) is 1. The molecule has 0 aliphatic rings. The lowest BCUT2D eigenvalue weighted by Crippen LogP contribution is -2.08. The van der Waals surface area contributed by atoms with Crippen LogP contribution in [0.3, 0.4) is 0 Å². The molecule has 14 heavy (non-hydrogen) atoms. The van der Waals surface area contributed by atoms with E-state index >= 15 is 0 Å². The predicted octanol–water partition coefficient (Wildman–Crippen LogP) is 2.48. The molecule has 0 radical (unpaired) electrons. The summed E-state index contributed by atoms with van der Waals surface area (Å²) in [6.07, 6.45) is 0. The second-order valence-electron chi connectivity index (χ2n) is 2.89. The normalized spacial score (nSPS) is 12.5. The molecule has 0 saturated heterocycles. The minimum absolute atomic E-state index is 0.0596. The Kier molecular flexibility index (Phi) is 3.10. The lowest BCUT2D eigenvalue weighted by atomic mass is 10.0. The van der Waals surface area contributed by atoms with Crippen LogP contribution in [0.25, 0.3) is 0 Å². The van der Waals surface area contributed by atoms with Gasteiger partial charge in [0, 0.05) is 10.0 Å². The zero-order valence-electron chi connectivity index (χ0n) is 7.29. The highest BCUT2D eigenvalue weighted by molar-refractivity contribution is 9.10. The number of hydrogen-bond acceptors (Lipinski definition) is 2. The third-order valence-corrected chi connectivity index (χ3v) is 2.35. The Bertz CT molecular complexity index is 379. The maximum absolute atomic E-state index is 13.0. The van der Waals surface area contributed by atoms with Gasteiger partial charge in [-0.1, -0.05) is 15.9 Å². The van der Waals surface area contributed by atoms with E-state index in [2.05, 4.69) is 15.9 Å². The first-order valence-electron chi connectivity index (χ1n) is 3.84. The van der Waals surface area contributed by atoms with Gasteiger partial charge in [-0.05, 0) is 19.1 Å². The Hall–Kier alpha value is -1.10. The largest absolute Gasteiger partial charge is 0.505 e. The first-order chi connectivity index (χ1) is 6.43. The van der Waals surface area contributed by atoms with Crippen LogP contribution in [-0.2, 0) is 4.79 Å². The number of halogens is 2. The molecule has 0 amide bonds. The first-order valence-corrected chi connectivity index (χ1v) is 4.63. The van der Waals surface area contributed by atoms with Gasteiger partial charge in [0.05, 0.1) is 5.92 Å². The van der Waals surface area contributed by atoms with Gasteiger partial charge in [0.25, 0.3) is 0 Å². The van der Waals surface area contributed by atoms with E-state index in [1.54, 1.807) is 0 Å². The van der Waals surface area contributed by atoms with Crippen molar-refractivity contribution in [2.24, 2.45) is 0 Å². The molecular formula is C9H8BrFO3. The van der Waals surface area contributed by atoms with Gasteiger partial charge in [-0.3, -0.25) is 4.79 Å². The number of rotatable bonds is 2. The molecule has 1 aromatic rings. The number of carbonyl (C=O) groups is 1. The van der Waals surface area contributed by atoms with Crippen molar-refractivity contribution < 1.29 is 19.4 Å². The molecule has 0 aliphatic carbocycles. The van der Waals surface area contributed by atoms with Crippen molar-refractivity contribution in [1.29, 1.82) is 0 Å². The van der Waals surface area contributed by atoms with Gasteiger partial charge in [-0.25, -0.2) is 4.39 Å². The second-order valence-corrected chi connectivity index (χ2v) is 3.80. The van der Waals surface area contributed by atoms with Gasteiger partial charge >= 0.3 is 5.97 Å². The number of aromatic hydroxyl groups is 1. The highest BCUT2D eigenvalue weighted by Crippen LogP contribution is 2.31. The molecule has 0 fully saturated rings. The number of phenols is 1. The SMILES string of the molecule is CC(C(=O)O)c1cc(Br)cc(F)c1O. The number of carboxylic acids is 1. The molecule has 76 valence electrons. The second kappa shape index (κ2) is 3.96. The van der Waals surface area contributed by atoms with Gasteiger partial charge in [0.1, 0.15) is 0 Å². The van der Waals surface area contributed by atoms with Crippen LogP contribution in [0.2, 0.25) is 0 Å². The third-order valence-electron chi connectivity index (χ3n) is 1.89. The molecule has 1 unspecified atom stereocenters. The topological polar surface area (TPSA) is 57.5 Å². The quantitative estimate of drug-likeness (QED) is 0.861. The van der Waals surface area contributed by atoms with E-state index in [1.165, 1.54) is 13.0 Å². The van der Waals surface area contributed by atoms with Gasteiger partial charge in [-0.2, -0.15) is 0 Å². The Labute approximate surface area is 88.3 Å². The van der Waals surface area contributed by atoms with Crippen LogP contribution in [0.15, 0.2) is 16.6 Å². The fourth-order valence-corrected chi connectivity index (χ4v) is 1.50. The van der Waals surface area contributed by atoms with Crippen molar-refractivity contribution >= 4 is 21.9 Å². The average molecular weight is 263 g/mol. The molecule has 1 rings (SSSR count). The van der Waals surface area contributed by atoms with E-state index in [9.17, 15) is 14.3 Å². The van der Waals surface area contributed by atoms with Crippen molar-refractivity contribution in [1.82, 2.24) is 0 Å². The van der Waals surface area contributed by atoms with Crippen molar-refractivity contribution in [3.05, 3.63) is 28.0 Å². The zero-order valence-corrected chi connectivity index (χ0v) is 8.88. The van der Waals surface area contributed by atoms with Crippen LogP contribution in [0.4, 0.5) is 4.39 Å². The van der Waals surface area contributed by atoms with Crippen LogP contribution in [0, 0.1) is 5.82 Å². The molecule has 0 spiro atoms. The summed E-state index contributed by atoms with van der Waals surface area (Å²) in [5.41, 5.74) is 0.0596. The van der Waals surface area contributed by atoms with Crippen molar-refractivity contribution in [2.45, 2.75) is 12.8 Å². The molecule has 0 heterocycles. The van der Waals surface area contributed by atoms with Crippen LogP contribution in [0.1, 0.15) is 18.4 Å². The third kappa shape index (κ3) is 2.04. The lowest BCUT2D eigenvalue weighted by Gasteiger charge is -2.09. The van der Waals surface area contributed by atoms with Crippen LogP contribution in [-0.4, -0.2) is 16.2 Å². The fourth-order valence-electron chi connectivity index (χ4n) is 1.05. The maximum atomic E-state index is 13.0. The summed E-state index contributed by atoms with van der Waals surface area (Å²) in [4.78, 5) is 10.6. The number of aliphatic carboxylic acids is 1. The number of phenolic OH excluding ortho intramolecular Hbond substituents is 1. The van der Waals surface area contributed by atoms with Crippen LogP contribution in [0.5, 0.6) is 5.75 Å². The van der Waals surface area contributed by atoms with E-state index in [0.717, 1.165) is 6.07 Å². The van der Waals surface area contributed by atoms with Gasteiger partial charge < -0.3 is 10.2 Å². The average Bonchev–Trinajstić information content (AvgIpc) is 2.09. The zero-order chi connectivity index (χ0) is 10.9. The molecular weight excluding hydrogens is 255 g/mol. The number of benzene rings is 1. The first kappa shape index (κ1) is 11.0. The summed E-state index contributed by atoms with van der Waals surface area (Å²) in [5, 5.41) is 18.0. The van der Waals surface area contributed by atoms with Gasteiger partial charge in [-0.15, -0.1) is 0 Å². The standard InChI is InChI=1S/C9H8BrFO3/c1-4(9(13)14)6-2-5(10)3-7(11)8(6)12/h2-4,12H,1H3,(H,13,14). The highest BCUT2D eigenvalue weighted by atomic mass is 79.9. The molecule has 0 aromatic heterocycles.